The van der Waals surface area contributed by atoms with Crippen LogP contribution in [0.2, 0.25) is 0 Å². The molecule has 316 valence electrons. The molecule has 5 N–H and O–H groups in total. The number of likely N-dealkylation sites (N-methyl/N-ethyl adjacent to an activating group) is 2. The monoisotopic (exact) mass is 785 g/mol. The lowest BCUT2D eigenvalue weighted by Crippen LogP contribution is -2.54. The van der Waals surface area contributed by atoms with Gasteiger partial charge < -0.3 is 45.6 Å². The molecule has 2 fully saturated rings. The third-order valence-electron chi connectivity index (χ3n) is 10.6. The first-order valence-electron chi connectivity index (χ1n) is 21.0. The molecule has 0 spiro atoms. The fraction of sp³-hybridized carbons (Fsp3) is 0.682. The van der Waals surface area contributed by atoms with Gasteiger partial charge in [-0.2, -0.15) is 0 Å². The van der Waals surface area contributed by atoms with E-state index in [4.69, 9.17) is 9.47 Å². The number of urea groups is 2. The fourth-order valence-electron chi connectivity index (χ4n) is 7.94. The van der Waals surface area contributed by atoms with E-state index in [0.29, 0.717) is 68.0 Å². The molecular formula is C44H73FN6O5. The second-order valence-electron chi connectivity index (χ2n) is 16.4. The zero-order chi connectivity index (χ0) is 40.9. The first-order chi connectivity index (χ1) is 26.9. The van der Waals surface area contributed by atoms with Crippen molar-refractivity contribution in [1.82, 2.24) is 31.1 Å². The number of piperidine rings is 2. The van der Waals surface area contributed by atoms with Gasteiger partial charge in [0.2, 0.25) is 0 Å². The molecular weight excluding hydrogens is 712 g/mol. The molecule has 0 saturated carbocycles. The smallest absolute Gasteiger partial charge is 0.317 e. The summed E-state index contributed by atoms with van der Waals surface area (Å²) in [6.45, 7) is 13.6. The number of carbonyl (C=O) groups excluding carboxylic acids is 2. The van der Waals surface area contributed by atoms with Crippen molar-refractivity contribution in [2.24, 2.45) is 17.8 Å². The minimum atomic E-state index is -1.39. The lowest BCUT2D eigenvalue weighted by atomic mass is 9.73. The molecule has 11 nitrogen and oxygen atoms in total. The second-order valence-corrected chi connectivity index (χ2v) is 16.4. The molecule has 2 aromatic carbocycles. The van der Waals surface area contributed by atoms with Crippen LogP contribution in [0.15, 0.2) is 48.5 Å². The first-order valence-corrected chi connectivity index (χ1v) is 21.0. The molecule has 0 radical (unpaired) electrons. The normalized spacial score (nSPS) is 18.1. The molecule has 4 amide bonds. The third kappa shape index (κ3) is 15.8. The number of nitrogens with one attached hydrogen (secondary N) is 4. The Morgan fingerprint density at radius 3 is 2.00 bits per heavy atom. The summed E-state index contributed by atoms with van der Waals surface area (Å²) in [5.74, 6) is 1.37. The van der Waals surface area contributed by atoms with E-state index in [1.807, 2.05) is 49.3 Å². The van der Waals surface area contributed by atoms with Gasteiger partial charge in [0.1, 0.15) is 17.3 Å². The van der Waals surface area contributed by atoms with Crippen LogP contribution in [-0.4, -0.2) is 106 Å². The predicted molar refractivity (Wildman–Crippen MR) is 224 cm³/mol. The van der Waals surface area contributed by atoms with Gasteiger partial charge in [-0.05, 0) is 120 Å². The van der Waals surface area contributed by atoms with Crippen LogP contribution in [0.4, 0.5) is 14.0 Å². The molecule has 0 unspecified atom stereocenters. The maximum atomic E-state index is 14.7. The highest BCUT2D eigenvalue weighted by Gasteiger charge is 2.43. The highest BCUT2D eigenvalue weighted by atomic mass is 19.1. The van der Waals surface area contributed by atoms with Crippen LogP contribution in [-0.2, 0) is 10.3 Å². The van der Waals surface area contributed by atoms with Gasteiger partial charge in [-0.3, -0.25) is 0 Å². The van der Waals surface area contributed by atoms with E-state index < -0.39 is 11.4 Å². The van der Waals surface area contributed by atoms with Crippen LogP contribution in [0.3, 0.4) is 0 Å². The lowest BCUT2D eigenvalue weighted by molar-refractivity contribution is -0.0577. The Balaban J connectivity index is 0.000000413. The molecule has 0 bridgehead atoms. The van der Waals surface area contributed by atoms with Crippen LogP contribution in [0.1, 0.15) is 97.5 Å². The number of nitrogens with zero attached hydrogens (tertiary/aromatic N) is 2. The predicted octanol–water partition coefficient (Wildman–Crippen LogP) is 7.49. The number of halogens is 1. The van der Waals surface area contributed by atoms with Crippen molar-refractivity contribution in [2.45, 2.75) is 110 Å². The summed E-state index contributed by atoms with van der Waals surface area (Å²) < 4.78 is 26.1. The van der Waals surface area contributed by atoms with E-state index in [0.717, 1.165) is 64.6 Å². The van der Waals surface area contributed by atoms with Gasteiger partial charge in [0, 0.05) is 76.6 Å². The van der Waals surface area contributed by atoms with Crippen molar-refractivity contribution in [1.29, 1.82) is 0 Å². The molecule has 2 saturated heterocycles. The fourth-order valence-corrected chi connectivity index (χ4v) is 7.94. The van der Waals surface area contributed by atoms with E-state index in [-0.39, 0.29) is 30.1 Å². The summed E-state index contributed by atoms with van der Waals surface area (Å²) in [5.41, 5.74) is -0.967. The average molecular weight is 785 g/mol. The minimum Gasteiger partial charge on any atom is -0.457 e. The number of para-hydroxylation sites is 1. The summed E-state index contributed by atoms with van der Waals surface area (Å²) in [5, 5.41) is 25.1. The summed E-state index contributed by atoms with van der Waals surface area (Å²) >= 11 is 0. The maximum Gasteiger partial charge on any atom is 0.317 e. The molecule has 2 aliphatic heterocycles. The number of aliphatic hydroxyl groups is 1. The van der Waals surface area contributed by atoms with Crippen molar-refractivity contribution < 1.29 is 28.6 Å². The van der Waals surface area contributed by atoms with Crippen LogP contribution in [0.25, 0.3) is 0 Å². The Kier molecular flexibility index (Phi) is 21.0. The number of benzene rings is 2. The number of methoxy groups -OCH3 is 1. The summed E-state index contributed by atoms with van der Waals surface area (Å²) in [6.07, 6.45) is 8.78. The standard InChI is InChI=1S/C31H46FN3O4.C13H27N3O/c1-23(2)19-26(21-33-3)34-30(36)35-17-10-11-24(22-35)31(37,16-8-9-18-38-4)28-20-25(32)14-15-29(28)39-27-12-6-5-7-13-27;1-11(2)9-12(10-14-3)15-13(17)16-7-5-4-6-8-16/h5-7,12-15,20,23-24,26,33,37H,8-11,16-19,21-22H2,1-4H3,(H,34,36);11-12,14H,4-10H2,1-3H3,(H,15,17)/t24-,26+,31+;12-/m10/s1. The van der Waals surface area contributed by atoms with Gasteiger partial charge in [0.05, 0.1) is 5.60 Å². The lowest BCUT2D eigenvalue weighted by Gasteiger charge is -2.43. The van der Waals surface area contributed by atoms with E-state index in [9.17, 15) is 19.1 Å². The Morgan fingerprint density at radius 2 is 1.43 bits per heavy atom. The topological polar surface area (TPSA) is 127 Å². The minimum absolute atomic E-state index is 0.0184. The maximum absolute atomic E-state index is 14.7. The van der Waals surface area contributed by atoms with Gasteiger partial charge in [-0.15, -0.1) is 0 Å². The molecule has 2 aromatic rings. The molecule has 56 heavy (non-hydrogen) atoms. The zero-order valence-corrected chi connectivity index (χ0v) is 35.4. The summed E-state index contributed by atoms with van der Waals surface area (Å²) in [7, 11) is 5.47. The van der Waals surface area contributed by atoms with Crippen molar-refractivity contribution in [3.63, 3.8) is 0 Å². The van der Waals surface area contributed by atoms with E-state index >= 15 is 0 Å². The van der Waals surface area contributed by atoms with Crippen LogP contribution >= 0.6 is 0 Å². The van der Waals surface area contributed by atoms with E-state index in [2.05, 4.69) is 49.0 Å². The van der Waals surface area contributed by atoms with Gasteiger partial charge in [-0.1, -0.05) is 45.9 Å². The van der Waals surface area contributed by atoms with Gasteiger partial charge in [0.25, 0.3) is 0 Å². The first kappa shape index (κ1) is 46.9. The summed E-state index contributed by atoms with van der Waals surface area (Å²) in [6, 6.07) is 13.9. The number of hydrogen-bond acceptors (Lipinski definition) is 7. The van der Waals surface area contributed by atoms with Gasteiger partial charge in [-0.25, -0.2) is 14.0 Å². The number of hydrogen-bond donors (Lipinski definition) is 5. The SMILES string of the molecule is CNC[C@H](CC(C)C)NC(=O)N1CCCCC1.CNC[C@H](CC(C)C)NC(=O)N1CCC[C@@H]([C@@](O)(CCCCOC)c2cc(F)ccc2Oc2ccccc2)C1. The van der Waals surface area contributed by atoms with Gasteiger partial charge >= 0.3 is 12.1 Å². The molecule has 0 aliphatic carbocycles. The van der Waals surface area contributed by atoms with Crippen LogP contribution < -0.4 is 26.0 Å². The van der Waals surface area contributed by atoms with Crippen molar-refractivity contribution >= 4 is 12.1 Å². The van der Waals surface area contributed by atoms with E-state index in [1.54, 1.807) is 18.1 Å². The van der Waals surface area contributed by atoms with Crippen molar-refractivity contribution in [3.8, 4) is 11.5 Å². The highest BCUT2D eigenvalue weighted by Crippen LogP contribution is 2.44. The highest BCUT2D eigenvalue weighted by molar-refractivity contribution is 5.75. The number of unbranched alkanes of at least 4 members (excludes halogenated alkanes) is 1. The van der Waals surface area contributed by atoms with Crippen molar-refractivity contribution in [3.05, 3.63) is 59.9 Å². The largest absolute Gasteiger partial charge is 0.457 e. The number of ether oxygens (including phenoxy) is 2. The van der Waals surface area contributed by atoms with E-state index in [1.165, 1.54) is 18.6 Å². The quantitative estimate of drug-likeness (QED) is 0.0935. The number of rotatable bonds is 19. The second kappa shape index (κ2) is 25.0. The molecule has 12 heteroatoms. The molecule has 4 rings (SSSR count). The Labute approximate surface area is 336 Å². The Bertz CT molecular complexity index is 1410. The molecule has 4 atom stereocenters. The van der Waals surface area contributed by atoms with Gasteiger partial charge in [0.15, 0.2) is 0 Å². The number of amides is 4. The number of likely N-dealkylation sites (tertiary alicyclic amines) is 2. The Hall–Kier alpha value is -3.45. The zero-order valence-electron chi connectivity index (χ0n) is 35.4. The number of carbonyl (C=O) groups is 2. The van der Waals surface area contributed by atoms with Crippen molar-refractivity contribution in [2.75, 3.05) is 67.1 Å². The average Bonchev–Trinajstić information content (AvgIpc) is 3.18. The third-order valence-corrected chi connectivity index (χ3v) is 10.6. The molecule has 2 heterocycles. The van der Waals surface area contributed by atoms with Crippen LogP contribution in [0, 0.1) is 23.6 Å². The molecule has 0 aromatic heterocycles. The van der Waals surface area contributed by atoms with Crippen LogP contribution in [0.5, 0.6) is 11.5 Å². The summed E-state index contributed by atoms with van der Waals surface area (Å²) in [4.78, 5) is 29.1. The Morgan fingerprint density at radius 1 is 0.839 bits per heavy atom. The molecule has 2 aliphatic rings.